The largest absolute Gasteiger partial charge is 0.450 e. The Hall–Kier alpha value is -2.22. The molecule has 0 radical (unpaired) electrons. The van der Waals surface area contributed by atoms with Gasteiger partial charge in [0.1, 0.15) is 11.8 Å². The zero-order valence-corrected chi connectivity index (χ0v) is 19.8. The predicted molar refractivity (Wildman–Crippen MR) is 120 cm³/mol. The number of hydrogen-bond donors (Lipinski definition) is 4. The van der Waals surface area contributed by atoms with Crippen molar-refractivity contribution in [2.75, 3.05) is 6.61 Å². The molecule has 33 heavy (non-hydrogen) atoms. The van der Waals surface area contributed by atoms with Crippen molar-refractivity contribution < 1.29 is 29.6 Å². The number of carbonyl (C=O) groups excluding carboxylic acids is 2. The number of aryl methyl sites for hydroxylation is 1. The van der Waals surface area contributed by atoms with Crippen molar-refractivity contribution in [3.05, 3.63) is 46.8 Å². The third-order valence-corrected chi connectivity index (χ3v) is 9.28. The molecule has 4 aliphatic carbocycles. The Morgan fingerprint density at radius 1 is 1.30 bits per heavy atom. The molecule has 178 valence electrons. The van der Waals surface area contributed by atoms with Crippen molar-refractivity contribution in [3.63, 3.8) is 0 Å². The van der Waals surface area contributed by atoms with Crippen molar-refractivity contribution in [1.82, 2.24) is 4.98 Å². The summed E-state index contributed by atoms with van der Waals surface area (Å²) in [6.07, 6.45) is 2.96. The van der Waals surface area contributed by atoms with Crippen LogP contribution in [0.1, 0.15) is 50.2 Å². The smallest absolute Gasteiger partial charge is 0.355 e. The van der Waals surface area contributed by atoms with Crippen LogP contribution >= 0.6 is 0 Å². The number of aliphatic hydroxyl groups excluding tert-OH is 2. The predicted octanol–water partition coefficient (Wildman–Crippen LogP) is 2.32. The lowest BCUT2D eigenvalue weighted by Crippen LogP contribution is -2.65. The molecule has 1 aromatic rings. The van der Waals surface area contributed by atoms with Gasteiger partial charge in [-0.25, -0.2) is 4.79 Å². The highest BCUT2D eigenvalue weighted by molar-refractivity contribution is 5.96. The summed E-state index contributed by atoms with van der Waals surface area (Å²) in [6, 6.07) is 1.74. The number of fused-ring (bicyclic) bond motifs is 3. The van der Waals surface area contributed by atoms with Gasteiger partial charge in [-0.1, -0.05) is 32.9 Å². The minimum atomic E-state index is -2.12. The van der Waals surface area contributed by atoms with Crippen LogP contribution in [0.25, 0.3) is 0 Å². The Kier molecular flexibility index (Phi) is 4.72. The number of aliphatic hydroxyl groups is 3. The van der Waals surface area contributed by atoms with Gasteiger partial charge in [-0.2, -0.15) is 0 Å². The number of hydrogen-bond acceptors (Lipinski definition) is 6. The number of rotatable bonds is 3. The number of H-pyrrole nitrogens is 1. The molecule has 1 heterocycles. The fraction of sp³-hybridized carbons (Fsp3) is 0.615. The minimum absolute atomic E-state index is 0.0327. The zero-order valence-electron chi connectivity index (χ0n) is 19.8. The highest BCUT2D eigenvalue weighted by Crippen LogP contribution is 2.71. The normalized spacial score (nSPS) is 43.0. The summed E-state index contributed by atoms with van der Waals surface area (Å²) < 4.78 is 5.83. The number of ether oxygens (including phenoxy) is 1. The van der Waals surface area contributed by atoms with E-state index in [0.717, 1.165) is 6.42 Å². The standard InChI is InChI=1S/C26H33NO6/c1-12-6-7-27-19(12)23(31)33-22-13(2)10-25-14(3)8-17-18(24(17,4)5)16(21(25)30)9-15(11-28)20(29)26(22,25)32/h6-7,9-10,14,16-18,20,22,27-29,32H,8,11H2,1-5H3/t14-,16+,17-,18+,20-,22+,25+,26+/m1/s1. The number of carbonyl (C=O) groups is 2. The summed E-state index contributed by atoms with van der Waals surface area (Å²) in [6.45, 7) is 9.24. The maximum atomic E-state index is 14.3. The van der Waals surface area contributed by atoms with E-state index in [9.17, 15) is 24.9 Å². The number of allylic oxidation sites excluding steroid dienone is 1. The molecular weight excluding hydrogens is 422 g/mol. The van der Waals surface area contributed by atoms with Crippen molar-refractivity contribution in [3.8, 4) is 0 Å². The second-order valence-corrected chi connectivity index (χ2v) is 11.2. The Morgan fingerprint density at radius 3 is 2.61 bits per heavy atom. The van der Waals surface area contributed by atoms with Gasteiger partial charge in [0.15, 0.2) is 17.5 Å². The van der Waals surface area contributed by atoms with E-state index in [2.05, 4.69) is 18.8 Å². The minimum Gasteiger partial charge on any atom is -0.450 e. The molecule has 2 saturated carbocycles. The van der Waals surface area contributed by atoms with Gasteiger partial charge in [0, 0.05) is 12.1 Å². The summed E-state index contributed by atoms with van der Waals surface area (Å²) in [5.74, 6) is -1.26. The number of ketones is 1. The van der Waals surface area contributed by atoms with Crippen molar-refractivity contribution >= 4 is 11.8 Å². The van der Waals surface area contributed by atoms with E-state index >= 15 is 0 Å². The molecule has 4 N–H and O–H groups in total. The molecule has 5 rings (SSSR count). The highest BCUT2D eigenvalue weighted by Gasteiger charge is 2.76. The number of Topliss-reactive ketones (excluding diaryl/α,β-unsaturated/α-hetero) is 1. The molecule has 0 unspecified atom stereocenters. The molecule has 1 spiro atoms. The molecule has 2 bridgehead atoms. The second-order valence-electron chi connectivity index (χ2n) is 11.2. The molecular formula is C26H33NO6. The molecule has 7 nitrogen and oxygen atoms in total. The van der Waals surface area contributed by atoms with Crippen LogP contribution in [0.3, 0.4) is 0 Å². The lowest BCUT2D eigenvalue weighted by atomic mass is 9.59. The van der Waals surface area contributed by atoms with Gasteiger partial charge < -0.3 is 25.0 Å². The summed E-state index contributed by atoms with van der Waals surface area (Å²) >= 11 is 0. The molecule has 1 aromatic heterocycles. The molecule has 0 aromatic carbocycles. The maximum absolute atomic E-state index is 14.3. The van der Waals surface area contributed by atoms with Crippen molar-refractivity contribution in [2.24, 2.45) is 34.5 Å². The number of aromatic nitrogens is 1. The van der Waals surface area contributed by atoms with Gasteiger partial charge in [0.25, 0.3) is 0 Å². The summed E-state index contributed by atoms with van der Waals surface area (Å²) in [5, 5.41) is 34.0. The lowest BCUT2D eigenvalue weighted by Gasteiger charge is -2.48. The first kappa shape index (κ1) is 22.6. The van der Waals surface area contributed by atoms with Gasteiger partial charge in [0.2, 0.25) is 0 Å². The topological polar surface area (TPSA) is 120 Å². The molecule has 0 saturated heterocycles. The second kappa shape index (κ2) is 6.90. The van der Waals surface area contributed by atoms with E-state index in [-0.39, 0.29) is 34.3 Å². The summed E-state index contributed by atoms with van der Waals surface area (Å²) in [5.41, 5.74) is -1.89. The van der Waals surface area contributed by atoms with Crippen LogP contribution in [0.2, 0.25) is 0 Å². The highest BCUT2D eigenvalue weighted by atomic mass is 16.6. The SMILES string of the molecule is CC1=C[C@]23C(=O)[C@@H](C=C(CO)[C@@H](O)[C@]2(O)[C@H]1OC(=O)c1[nH]ccc1C)[C@H]1[C@@H](C[C@H]3C)C1(C)C. The van der Waals surface area contributed by atoms with E-state index in [0.29, 0.717) is 17.1 Å². The van der Waals surface area contributed by atoms with E-state index in [1.54, 1.807) is 38.3 Å². The Morgan fingerprint density at radius 2 is 2.00 bits per heavy atom. The van der Waals surface area contributed by atoms with Crippen LogP contribution in [-0.2, 0) is 9.53 Å². The Bertz CT molecular complexity index is 1100. The first-order chi connectivity index (χ1) is 15.4. The van der Waals surface area contributed by atoms with E-state index in [1.807, 2.05) is 6.92 Å². The van der Waals surface area contributed by atoms with Crippen molar-refractivity contribution in [1.29, 1.82) is 0 Å². The first-order valence-corrected chi connectivity index (χ1v) is 11.7. The van der Waals surface area contributed by atoms with E-state index < -0.39 is 41.7 Å². The Balaban J connectivity index is 1.66. The molecule has 8 atom stereocenters. The fourth-order valence-corrected chi connectivity index (χ4v) is 7.43. The van der Waals surface area contributed by atoms with E-state index in [4.69, 9.17) is 4.74 Å². The quantitative estimate of drug-likeness (QED) is 0.410. The number of esters is 1. The van der Waals surface area contributed by atoms with Crippen molar-refractivity contribution in [2.45, 2.75) is 58.8 Å². The van der Waals surface area contributed by atoms with Gasteiger partial charge in [-0.3, -0.25) is 4.79 Å². The fourth-order valence-electron chi connectivity index (χ4n) is 7.43. The third-order valence-electron chi connectivity index (χ3n) is 9.28. The summed E-state index contributed by atoms with van der Waals surface area (Å²) in [7, 11) is 0. The van der Waals surface area contributed by atoms with Crippen LogP contribution in [0, 0.1) is 41.4 Å². The summed E-state index contributed by atoms with van der Waals surface area (Å²) in [4.78, 5) is 30.1. The van der Waals surface area contributed by atoms with Crippen LogP contribution < -0.4 is 0 Å². The van der Waals surface area contributed by atoms with E-state index in [1.165, 1.54) is 0 Å². The number of aromatic amines is 1. The van der Waals surface area contributed by atoms with Gasteiger partial charge in [-0.05, 0) is 66.2 Å². The van der Waals surface area contributed by atoms with Crippen LogP contribution in [-0.4, -0.2) is 56.5 Å². The molecule has 0 amide bonds. The zero-order chi connectivity index (χ0) is 24.1. The van der Waals surface area contributed by atoms with Gasteiger partial charge in [-0.15, -0.1) is 0 Å². The number of nitrogens with one attached hydrogen (secondary N) is 1. The lowest BCUT2D eigenvalue weighted by molar-refractivity contribution is -0.190. The van der Waals surface area contributed by atoms with Crippen LogP contribution in [0.5, 0.6) is 0 Å². The molecule has 0 aliphatic heterocycles. The third kappa shape index (κ3) is 2.61. The van der Waals surface area contributed by atoms with Crippen LogP contribution in [0.15, 0.2) is 35.6 Å². The van der Waals surface area contributed by atoms with Gasteiger partial charge >= 0.3 is 5.97 Å². The average molecular weight is 456 g/mol. The monoisotopic (exact) mass is 455 g/mol. The molecule has 7 heteroatoms. The first-order valence-electron chi connectivity index (χ1n) is 11.7. The molecule has 2 fully saturated rings. The average Bonchev–Trinajstić information content (AvgIpc) is 3.02. The van der Waals surface area contributed by atoms with Gasteiger partial charge in [0.05, 0.1) is 12.0 Å². The van der Waals surface area contributed by atoms with Crippen LogP contribution in [0.4, 0.5) is 0 Å². The molecule has 4 aliphatic rings. The Labute approximate surface area is 193 Å². The maximum Gasteiger partial charge on any atom is 0.355 e.